The first-order chi connectivity index (χ1) is 5.12. The minimum atomic E-state index is -2.37. The Kier molecular flexibility index (Phi) is 2.50. The molecule has 0 saturated heterocycles. The van der Waals surface area contributed by atoms with E-state index in [-0.39, 0.29) is 11.8 Å². The van der Waals surface area contributed by atoms with Crippen molar-refractivity contribution in [2.75, 3.05) is 0 Å². The van der Waals surface area contributed by atoms with Crippen LogP contribution >= 0.6 is 0 Å². The first kappa shape index (κ1) is 8.95. The van der Waals surface area contributed by atoms with Gasteiger partial charge >= 0.3 is 0 Å². The Hall–Kier alpha value is -0.140. The van der Waals surface area contributed by atoms with Crippen LogP contribution in [0.2, 0.25) is 0 Å². The third-order valence-corrected chi connectivity index (χ3v) is 2.94. The summed E-state index contributed by atoms with van der Waals surface area (Å²) < 4.78 is 26.5. The van der Waals surface area contributed by atoms with Crippen molar-refractivity contribution < 1.29 is 8.78 Å². The normalized spacial score (nSPS) is 36.0. The largest absolute Gasteiger partial charge is 0.253 e. The molecule has 66 valence electrons. The number of rotatable bonds is 2. The van der Waals surface area contributed by atoms with Gasteiger partial charge in [0.05, 0.1) is 0 Å². The van der Waals surface area contributed by atoms with E-state index in [0.717, 1.165) is 12.8 Å². The topological polar surface area (TPSA) is 0 Å². The molecule has 1 rings (SSSR count). The van der Waals surface area contributed by atoms with Gasteiger partial charge in [-0.25, -0.2) is 8.78 Å². The number of hydrogen-bond acceptors (Lipinski definition) is 0. The summed E-state index contributed by atoms with van der Waals surface area (Å²) in [5.74, 6) is -3.05. The van der Waals surface area contributed by atoms with Crippen molar-refractivity contribution in [2.24, 2.45) is 11.8 Å². The summed E-state index contributed by atoms with van der Waals surface area (Å²) >= 11 is 0. The zero-order valence-electron chi connectivity index (χ0n) is 7.24. The Morgan fingerprint density at radius 3 is 1.64 bits per heavy atom. The van der Waals surface area contributed by atoms with Crippen LogP contribution in [-0.4, -0.2) is 5.92 Å². The quantitative estimate of drug-likeness (QED) is 0.583. The molecule has 0 radical (unpaired) electrons. The lowest BCUT2D eigenvalue weighted by molar-refractivity contribution is -0.0776. The van der Waals surface area contributed by atoms with Gasteiger partial charge in [0.1, 0.15) is 0 Å². The van der Waals surface area contributed by atoms with E-state index in [1.165, 1.54) is 0 Å². The van der Waals surface area contributed by atoms with E-state index in [1.807, 2.05) is 13.8 Å². The maximum Gasteiger partial charge on any atom is 0.253 e. The highest BCUT2D eigenvalue weighted by Gasteiger charge is 2.49. The van der Waals surface area contributed by atoms with Crippen LogP contribution in [0.15, 0.2) is 0 Å². The van der Waals surface area contributed by atoms with Crippen molar-refractivity contribution in [1.82, 2.24) is 0 Å². The summed E-state index contributed by atoms with van der Waals surface area (Å²) in [5, 5.41) is 0. The molecule has 2 unspecified atom stereocenters. The van der Waals surface area contributed by atoms with Crippen molar-refractivity contribution >= 4 is 0 Å². The molecular weight excluding hydrogens is 146 g/mol. The van der Waals surface area contributed by atoms with Crippen molar-refractivity contribution in [3.63, 3.8) is 0 Å². The van der Waals surface area contributed by atoms with Gasteiger partial charge < -0.3 is 0 Å². The van der Waals surface area contributed by atoms with Crippen LogP contribution in [0.3, 0.4) is 0 Å². The Morgan fingerprint density at radius 2 is 1.45 bits per heavy atom. The molecular formula is C9H16F2. The van der Waals surface area contributed by atoms with Crippen LogP contribution in [0.25, 0.3) is 0 Å². The maximum absolute atomic E-state index is 13.3. The number of alkyl halides is 2. The molecule has 0 amide bonds. The molecule has 11 heavy (non-hydrogen) atoms. The monoisotopic (exact) mass is 162 g/mol. The van der Waals surface area contributed by atoms with E-state index in [2.05, 4.69) is 0 Å². The summed E-state index contributed by atoms with van der Waals surface area (Å²) in [5.41, 5.74) is 0. The fraction of sp³-hybridized carbons (Fsp3) is 1.00. The molecule has 0 heterocycles. The van der Waals surface area contributed by atoms with Crippen molar-refractivity contribution in [3.05, 3.63) is 0 Å². The van der Waals surface area contributed by atoms with Gasteiger partial charge in [-0.05, 0) is 25.7 Å². The first-order valence-electron chi connectivity index (χ1n) is 4.50. The SMILES string of the molecule is CCC1CCC(CC)C1(F)F. The Bertz CT molecular complexity index is 118. The van der Waals surface area contributed by atoms with Crippen LogP contribution < -0.4 is 0 Å². The lowest BCUT2D eigenvalue weighted by Gasteiger charge is -2.22. The second-order valence-corrected chi connectivity index (χ2v) is 3.46. The van der Waals surface area contributed by atoms with Crippen molar-refractivity contribution in [1.29, 1.82) is 0 Å². The maximum atomic E-state index is 13.3. The molecule has 0 aromatic carbocycles. The Labute approximate surface area is 67.0 Å². The fourth-order valence-corrected chi connectivity index (χ4v) is 2.07. The second kappa shape index (κ2) is 3.08. The van der Waals surface area contributed by atoms with Gasteiger partial charge in [-0.15, -0.1) is 0 Å². The lowest BCUT2D eigenvalue weighted by atomic mass is 9.96. The molecule has 0 N–H and O–H groups in total. The molecule has 0 bridgehead atoms. The molecule has 1 saturated carbocycles. The molecule has 1 aliphatic rings. The van der Waals surface area contributed by atoms with E-state index in [9.17, 15) is 8.78 Å². The Balaban J connectivity index is 2.64. The average Bonchev–Trinajstić information content (AvgIpc) is 2.24. The molecule has 0 nitrogen and oxygen atoms in total. The highest BCUT2D eigenvalue weighted by atomic mass is 19.3. The van der Waals surface area contributed by atoms with E-state index in [0.29, 0.717) is 12.8 Å². The summed E-state index contributed by atoms with van der Waals surface area (Å²) in [7, 11) is 0. The second-order valence-electron chi connectivity index (χ2n) is 3.46. The minimum Gasteiger partial charge on any atom is -0.206 e. The lowest BCUT2D eigenvalue weighted by Crippen LogP contribution is -2.28. The van der Waals surface area contributed by atoms with Crippen LogP contribution in [0.4, 0.5) is 8.78 Å². The highest BCUT2D eigenvalue weighted by Crippen LogP contribution is 2.47. The molecule has 0 aromatic heterocycles. The van der Waals surface area contributed by atoms with Crippen molar-refractivity contribution in [3.8, 4) is 0 Å². The predicted octanol–water partition coefficient (Wildman–Crippen LogP) is 3.47. The van der Waals surface area contributed by atoms with Crippen LogP contribution in [0, 0.1) is 11.8 Å². The van der Waals surface area contributed by atoms with Crippen molar-refractivity contribution in [2.45, 2.75) is 45.5 Å². The molecule has 2 atom stereocenters. The molecule has 0 spiro atoms. The summed E-state index contributed by atoms with van der Waals surface area (Å²) in [4.78, 5) is 0. The van der Waals surface area contributed by atoms with Gasteiger partial charge in [0.25, 0.3) is 5.92 Å². The van der Waals surface area contributed by atoms with E-state index < -0.39 is 5.92 Å². The van der Waals surface area contributed by atoms with Gasteiger partial charge in [0.15, 0.2) is 0 Å². The van der Waals surface area contributed by atoms with Gasteiger partial charge in [0.2, 0.25) is 0 Å². The summed E-state index contributed by atoms with van der Waals surface area (Å²) in [6.45, 7) is 3.72. The number of halogens is 2. The van der Waals surface area contributed by atoms with Crippen LogP contribution in [0.5, 0.6) is 0 Å². The van der Waals surface area contributed by atoms with Gasteiger partial charge in [-0.2, -0.15) is 0 Å². The molecule has 1 fully saturated rings. The highest BCUT2D eigenvalue weighted by molar-refractivity contribution is 4.89. The third-order valence-electron chi connectivity index (χ3n) is 2.94. The smallest absolute Gasteiger partial charge is 0.206 e. The summed E-state index contributed by atoms with van der Waals surface area (Å²) in [6, 6.07) is 0. The van der Waals surface area contributed by atoms with Gasteiger partial charge in [-0.3, -0.25) is 0 Å². The molecule has 0 aliphatic heterocycles. The van der Waals surface area contributed by atoms with E-state index in [4.69, 9.17) is 0 Å². The van der Waals surface area contributed by atoms with Gasteiger partial charge in [-0.1, -0.05) is 13.8 Å². The predicted molar refractivity (Wildman–Crippen MR) is 41.7 cm³/mol. The van der Waals surface area contributed by atoms with Crippen LogP contribution in [0.1, 0.15) is 39.5 Å². The standard InChI is InChI=1S/C9H16F2/c1-3-7-5-6-8(4-2)9(7,10)11/h7-8H,3-6H2,1-2H3. The first-order valence-corrected chi connectivity index (χ1v) is 4.50. The molecule has 1 aliphatic carbocycles. The molecule has 2 heteroatoms. The van der Waals surface area contributed by atoms with Gasteiger partial charge in [0, 0.05) is 11.8 Å². The zero-order chi connectivity index (χ0) is 8.48. The zero-order valence-corrected chi connectivity index (χ0v) is 7.24. The molecule has 0 aromatic rings. The summed E-state index contributed by atoms with van der Waals surface area (Å²) in [6.07, 6.45) is 2.71. The average molecular weight is 162 g/mol. The number of hydrogen-bond donors (Lipinski definition) is 0. The fourth-order valence-electron chi connectivity index (χ4n) is 2.07. The third kappa shape index (κ3) is 1.40. The van der Waals surface area contributed by atoms with Crippen LogP contribution in [-0.2, 0) is 0 Å². The minimum absolute atomic E-state index is 0.340. The van der Waals surface area contributed by atoms with E-state index >= 15 is 0 Å². The van der Waals surface area contributed by atoms with E-state index in [1.54, 1.807) is 0 Å². The Morgan fingerprint density at radius 1 is 1.09 bits per heavy atom.